The molecule has 1 aromatic carbocycles. The van der Waals surface area contributed by atoms with Crippen molar-refractivity contribution in [3.05, 3.63) is 41.7 Å². The lowest BCUT2D eigenvalue weighted by Gasteiger charge is -2.59. The van der Waals surface area contributed by atoms with E-state index < -0.39 is 23.7 Å². The summed E-state index contributed by atoms with van der Waals surface area (Å²) >= 11 is 0. The zero-order valence-electron chi connectivity index (χ0n) is 17.8. The smallest absolute Gasteiger partial charge is 0.416 e. The molecule has 0 atom stereocenters. The molecule has 4 aliphatic rings. The van der Waals surface area contributed by atoms with Crippen LogP contribution in [0.5, 0.6) is 5.75 Å². The SMILES string of the molecule is O=C(N1CC(Oc2ccc(C(F)(F)F)cc2F)C1)N1CC2(CC(n3cnc(C4CC4)n3)C2)C1. The largest absolute Gasteiger partial charge is 0.484 e. The Morgan fingerprint density at radius 1 is 1.12 bits per heavy atom. The topological polar surface area (TPSA) is 63.5 Å². The molecular weight excluding hydrogens is 442 g/mol. The minimum Gasteiger partial charge on any atom is -0.484 e. The molecule has 2 aliphatic heterocycles. The van der Waals surface area contributed by atoms with Crippen molar-refractivity contribution >= 4 is 6.03 Å². The fourth-order valence-electron chi connectivity index (χ4n) is 5.10. The molecule has 2 aromatic rings. The molecule has 11 heteroatoms. The van der Waals surface area contributed by atoms with E-state index in [1.807, 2.05) is 15.9 Å². The minimum atomic E-state index is -4.61. The monoisotopic (exact) mass is 465 g/mol. The van der Waals surface area contributed by atoms with Crippen LogP contribution >= 0.6 is 0 Å². The number of urea groups is 1. The molecule has 0 bridgehead atoms. The second kappa shape index (κ2) is 7.07. The van der Waals surface area contributed by atoms with Crippen LogP contribution in [0.25, 0.3) is 0 Å². The van der Waals surface area contributed by atoms with Crippen molar-refractivity contribution in [2.24, 2.45) is 5.41 Å². The predicted octanol–water partition coefficient (Wildman–Crippen LogP) is 3.83. The van der Waals surface area contributed by atoms with Crippen molar-refractivity contribution in [3.63, 3.8) is 0 Å². The van der Waals surface area contributed by atoms with E-state index >= 15 is 0 Å². The van der Waals surface area contributed by atoms with Crippen molar-refractivity contribution in [2.75, 3.05) is 26.2 Å². The summed E-state index contributed by atoms with van der Waals surface area (Å²) in [5, 5.41) is 4.61. The van der Waals surface area contributed by atoms with E-state index in [-0.39, 0.29) is 30.3 Å². The van der Waals surface area contributed by atoms with Crippen LogP contribution < -0.4 is 4.74 Å². The molecule has 6 rings (SSSR count). The lowest BCUT2D eigenvalue weighted by atomic mass is 9.61. The first-order valence-electron chi connectivity index (χ1n) is 11.2. The van der Waals surface area contributed by atoms with Gasteiger partial charge in [0.1, 0.15) is 12.4 Å². The number of benzene rings is 1. The van der Waals surface area contributed by atoms with Gasteiger partial charge in [0.2, 0.25) is 0 Å². The number of amides is 2. The summed E-state index contributed by atoms with van der Waals surface area (Å²) in [5.74, 6) is 0.196. The first-order chi connectivity index (χ1) is 15.7. The molecule has 0 radical (unpaired) electrons. The minimum absolute atomic E-state index is 0.0754. The van der Waals surface area contributed by atoms with Gasteiger partial charge in [-0.1, -0.05) is 0 Å². The number of rotatable bonds is 4. The van der Waals surface area contributed by atoms with Crippen molar-refractivity contribution < 1.29 is 27.1 Å². The second-order valence-electron chi connectivity index (χ2n) is 9.85. The normalized spacial score (nSPS) is 22.7. The molecule has 2 saturated heterocycles. The second-order valence-corrected chi connectivity index (χ2v) is 9.85. The number of ether oxygens (including phenoxy) is 1. The van der Waals surface area contributed by atoms with Crippen LogP contribution in [0.4, 0.5) is 22.4 Å². The van der Waals surface area contributed by atoms with Crippen LogP contribution in [0.2, 0.25) is 0 Å². The van der Waals surface area contributed by atoms with E-state index in [0.29, 0.717) is 31.1 Å². The van der Waals surface area contributed by atoms with Crippen molar-refractivity contribution in [3.8, 4) is 5.75 Å². The Morgan fingerprint density at radius 2 is 1.85 bits per heavy atom. The molecule has 4 fully saturated rings. The average Bonchev–Trinajstić information content (AvgIpc) is 3.40. The molecule has 0 N–H and O–H groups in total. The molecular formula is C22H23F4N5O2. The molecule has 33 heavy (non-hydrogen) atoms. The fraction of sp³-hybridized carbons (Fsp3) is 0.591. The third kappa shape index (κ3) is 3.71. The Kier molecular flexibility index (Phi) is 4.44. The Morgan fingerprint density at radius 3 is 2.48 bits per heavy atom. The number of halogens is 4. The van der Waals surface area contributed by atoms with Crippen LogP contribution in [-0.2, 0) is 6.18 Å². The maximum Gasteiger partial charge on any atom is 0.416 e. The highest BCUT2D eigenvalue weighted by molar-refractivity contribution is 5.76. The molecule has 1 aromatic heterocycles. The van der Waals surface area contributed by atoms with Gasteiger partial charge < -0.3 is 14.5 Å². The van der Waals surface area contributed by atoms with Gasteiger partial charge in [-0.05, 0) is 43.9 Å². The van der Waals surface area contributed by atoms with E-state index in [0.717, 1.165) is 30.8 Å². The average molecular weight is 465 g/mol. The van der Waals surface area contributed by atoms with Gasteiger partial charge in [-0.3, -0.25) is 0 Å². The van der Waals surface area contributed by atoms with E-state index in [4.69, 9.17) is 4.74 Å². The van der Waals surface area contributed by atoms with Gasteiger partial charge in [0, 0.05) is 24.4 Å². The molecule has 2 aliphatic carbocycles. The molecule has 2 amide bonds. The first-order valence-corrected chi connectivity index (χ1v) is 11.2. The predicted molar refractivity (Wildman–Crippen MR) is 107 cm³/mol. The van der Waals surface area contributed by atoms with Crippen molar-refractivity contribution in [1.29, 1.82) is 0 Å². The Hall–Kier alpha value is -2.85. The summed E-state index contributed by atoms with van der Waals surface area (Å²) < 4.78 is 59.3. The van der Waals surface area contributed by atoms with Gasteiger partial charge in [0.15, 0.2) is 17.4 Å². The summed E-state index contributed by atoms with van der Waals surface area (Å²) in [6, 6.07) is 2.47. The molecule has 1 spiro atoms. The molecule has 3 heterocycles. The number of alkyl halides is 3. The molecule has 2 saturated carbocycles. The van der Waals surface area contributed by atoms with Crippen LogP contribution in [0.1, 0.15) is 49.0 Å². The molecule has 176 valence electrons. The maximum absolute atomic E-state index is 14.0. The van der Waals surface area contributed by atoms with Gasteiger partial charge in [-0.25, -0.2) is 18.9 Å². The maximum atomic E-state index is 14.0. The number of carbonyl (C=O) groups excluding carboxylic acids is 1. The molecule has 0 unspecified atom stereocenters. The Balaban J connectivity index is 0.954. The van der Waals surface area contributed by atoms with Crippen LogP contribution in [-0.4, -0.2) is 62.9 Å². The zero-order chi connectivity index (χ0) is 23.0. The fourth-order valence-corrected chi connectivity index (χ4v) is 5.10. The first kappa shape index (κ1) is 20.7. The summed E-state index contributed by atoms with van der Waals surface area (Å²) in [4.78, 5) is 20.5. The van der Waals surface area contributed by atoms with E-state index in [1.165, 1.54) is 12.8 Å². The number of carbonyl (C=O) groups is 1. The highest BCUT2D eigenvalue weighted by atomic mass is 19.4. The van der Waals surface area contributed by atoms with Crippen molar-refractivity contribution in [2.45, 2.75) is 49.9 Å². The van der Waals surface area contributed by atoms with Gasteiger partial charge in [-0.15, -0.1) is 0 Å². The van der Waals surface area contributed by atoms with E-state index in [2.05, 4.69) is 10.1 Å². The van der Waals surface area contributed by atoms with Crippen molar-refractivity contribution in [1.82, 2.24) is 24.6 Å². The summed E-state index contributed by atoms with van der Waals surface area (Å²) in [6.45, 7) is 1.99. The number of likely N-dealkylation sites (tertiary alicyclic amines) is 2. The standard InChI is InChI=1S/C22H23F4N5O2/c23-17-5-14(22(24,25)26)3-4-18(17)33-16-8-29(9-16)20(32)30-10-21(11-30)6-15(7-21)31-12-27-19(28-31)13-1-2-13/h3-5,12-13,15-16H,1-2,6-11H2. The van der Waals surface area contributed by atoms with Crippen LogP contribution in [0, 0.1) is 11.2 Å². The Labute approximate surface area is 187 Å². The summed E-state index contributed by atoms with van der Waals surface area (Å²) in [5.41, 5.74) is -0.897. The number of hydrogen-bond donors (Lipinski definition) is 0. The summed E-state index contributed by atoms with van der Waals surface area (Å²) in [7, 11) is 0. The third-order valence-electron chi connectivity index (χ3n) is 7.17. The third-order valence-corrected chi connectivity index (χ3v) is 7.17. The van der Waals surface area contributed by atoms with Crippen LogP contribution in [0.15, 0.2) is 24.5 Å². The van der Waals surface area contributed by atoms with Gasteiger partial charge in [0.25, 0.3) is 0 Å². The lowest BCUT2D eigenvalue weighted by Crippen LogP contribution is -2.69. The molecule has 7 nitrogen and oxygen atoms in total. The van der Waals surface area contributed by atoms with E-state index in [1.54, 1.807) is 4.90 Å². The highest BCUT2D eigenvalue weighted by Gasteiger charge is 2.55. The summed E-state index contributed by atoms with van der Waals surface area (Å²) in [6.07, 6.45) is 1.12. The quantitative estimate of drug-likeness (QED) is 0.644. The van der Waals surface area contributed by atoms with Gasteiger partial charge in [0.05, 0.1) is 24.7 Å². The number of aromatic nitrogens is 3. The van der Waals surface area contributed by atoms with Gasteiger partial charge >= 0.3 is 12.2 Å². The Bertz CT molecular complexity index is 1080. The highest BCUT2D eigenvalue weighted by Crippen LogP contribution is 2.54. The lowest BCUT2D eigenvalue weighted by molar-refractivity contribution is -0.137. The number of hydrogen-bond acceptors (Lipinski definition) is 4. The zero-order valence-corrected chi connectivity index (χ0v) is 17.8. The van der Waals surface area contributed by atoms with Crippen LogP contribution in [0.3, 0.4) is 0 Å². The van der Waals surface area contributed by atoms with Gasteiger partial charge in [-0.2, -0.15) is 18.3 Å². The van der Waals surface area contributed by atoms with E-state index in [9.17, 15) is 22.4 Å². The number of nitrogens with zero attached hydrogens (tertiary/aromatic N) is 5.